The van der Waals surface area contributed by atoms with Crippen molar-refractivity contribution in [2.75, 3.05) is 13.2 Å². The van der Waals surface area contributed by atoms with Crippen LogP contribution in [-0.2, 0) is 16.1 Å². The summed E-state index contributed by atoms with van der Waals surface area (Å²) in [4.78, 5) is 12.1. The van der Waals surface area contributed by atoms with E-state index >= 15 is 0 Å². The van der Waals surface area contributed by atoms with Gasteiger partial charge in [0.15, 0.2) is 6.61 Å². The number of carbonyl (C=O) groups is 1. The van der Waals surface area contributed by atoms with Crippen molar-refractivity contribution in [3.8, 4) is 17.2 Å². The van der Waals surface area contributed by atoms with Gasteiger partial charge in [-0.15, -0.1) is 0 Å². The molecule has 1 N–H and O–H groups in total. The second-order valence-corrected chi connectivity index (χ2v) is 8.53. The second-order valence-electron chi connectivity index (χ2n) is 8.53. The molecule has 1 heterocycles. The summed E-state index contributed by atoms with van der Waals surface area (Å²) >= 11 is 0. The maximum Gasteiger partial charge on any atom is 0.344 e. The lowest BCUT2D eigenvalue weighted by Gasteiger charge is -2.34. The van der Waals surface area contributed by atoms with Gasteiger partial charge in [0.2, 0.25) is 0 Å². The zero-order chi connectivity index (χ0) is 24.0. The third kappa shape index (κ3) is 5.30. The first-order valence-corrected chi connectivity index (χ1v) is 11.6. The first kappa shape index (κ1) is 22.5. The van der Waals surface area contributed by atoms with Crippen molar-refractivity contribution in [2.45, 2.75) is 18.4 Å². The standard InChI is InChI=1S/C30H26O5/c31-24-13-16-26-28(17-24)34-19-27(22-9-5-2-6-10-22)30(26)23-11-14-25(15-12-23)33-20-29(32)35-18-21-7-3-1-4-8-21/h1-17,27,30-31H,18-20H2/t27-,30+/m1/s1. The number of benzene rings is 4. The number of ether oxygens (including phenoxy) is 3. The van der Waals surface area contributed by atoms with E-state index in [1.807, 2.05) is 78.9 Å². The van der Waals surface area contributed by atoms with Crippen molar-refractivity contribution in [3.63, 3.8) is 0 Å². The minimum atomic E-state index is -0.416. The zero-order valence-electron chi connectivity index (χ0n) is 19.2. The van der Waals surface area contributed by atoms with Gasteiger partial charge in [0, 0.05) is 23.5 Å². The third-order valence-corrected chi connectivity index (χ3v) is 6.22. The molecular formula is C30H26O5. The van der Waals surface area contributed by atoms with Crippen LogP contribution in [0.15, 0.2) is 103 Å². The van der Waals surface area contributed by atoms with Crippen LogP contribution in [0.3, 0.4) is 0 Å². The molecule has 4 aromatic rings. The molecule has 176 valence electrons. The van der Waals surface area contributed by atoms with Crippen molar-refractivity contribution >= 4 is 5.97 Å². The van der Waals surface area contributed by atoms with Gasteiger partial charge < -0.3 is 19.3 Å². The Labute approximate surface area is 204 Å². The number of fused-ring (bicyclic) bond motifs is 1. The van der Waals surface area contributed by atoms with Gasteiger partial charge in [-0.25, -0.2) is 4.79 Å². The largest absolute Gasteiger partial charge is 0.508 e. The minimum absolute atomic E-state index is 0.0478. The van der Waals surface area contributed by atoms with Crippen molar-refractivity contribution in [1.82, 2.24) is 0 Å². The Hall–Kier alpha value is -4.25. The van der Waals surface area contributed by atoms with Gasteiger partial charge in [-0.2, -0.15) is 0 Å². The molecule has 0 amide bonds. The average Bonchev–Trinajstić information content (AvgIpc) is 2.91. The van der Waals surface area contributed by atoms with Crippen LogP contribution in [0.2, 0.25) is 0 Å². The molecule has 0 aromatic heterocycles. The van der Waals surface area contributed by atoms with Gasteiger partial charge >= 0.3 is 5.97 Å². The predicted octanol–water partition coefficient (Wildman–Crippen LogP) is 5.82. The number of hydrogen-bond donors (Lipinski definition) is 1. The molecule has 2 atom stereocenters. The van der Waals surface area contributed by atoms with E-state index in [0.717, 1.165) is 16.7 Å². The smallest absolute Gasteiger partial charge is 0.344 e. The third-order valence-electron chi connectivity index (χ3n) is 6.22. The average molecular weight is 467 g/mol. The van der Waals surface area contributed by atoms with Crippen LogP contribution in [0, 0.1) is 0 Å². The van der Waals surface area contributed by atoms with E-state index in [1.54, 1.807) is 12.1 Å². The molecule has 0 radical (unpaired) electrons. The van der Waals surface area contributed by atoms with Crippen LogP contribution in [0.4, 0.5) is 0 Å². The van der Waals surface area contributed by atoms with Gasteiger partial charge in [0.1, 0.15) is 23.9 Å². The van der Waals surface area contributed by atoms with Gasteiger partial charge in [-0.3, -0.25) is 0 Å². The Morgan fingerprint density at radius 3 is 2.31 bits per heavy atom. The highest BCUT2D eigenvalue weighted by Crippen LogP contribution is 2.47. The highest BCUT2D eigenvalue weighted by molar-refractivity contribution is 5.71. The number of carbonyl (C=O) groups excluding carboxylic acids is 1. The van der Waals surface area contributed by atoms with E-state index in [2.05, 4.69) is 12.1 Å². The maximum absolute atomic E-state index is 12.1. The topological polar surface area (TPSA) is 65.0 Å². The molecule has 1 aliphatic rings. The second kappa shape index (κ2) is 10.3. The molecule has 0 unspecified atom stereocenters. The van der Waals surface area contributed by atoms with Crippen molar-refractivity contribution in [3.05, 3.63) is 125 Å². The van der Waals surface area contributed by atoms with E-state index in [0.29, 0.717) is 18.1 Å². The van der Waals surface area contributed by atoms with Crippen LogP contribution in [0.25, 0.3) is 0 Å². The number of phenolic OH excluding ortho intramolecular Hbond substituents is 1. The fourth-order valence-corrected chi connectivity index (χ4v) is 4.49. The molecule has 0 spiro atoms. The lowest BCUT2D eigenvalue weighted by molar-refractivity contribution is -0.147. The summed E-state index contributed by atoms with van der Waals surface area (Å²) in [5, 5.41) is 9.94. The maximum atomic E-state index is 12.1. The Morgan fingerprint density at radius 1 is 0.857 bits per heavy atom. The molecule has 5 heteroatoms. The minimum Gasteiger partial charge on any atom is -0.508 e. The summed E-state index contributed by atoms with van der Waals surface area (Å²) in [6.07, 6.45) is 0. The van der Waals surface area contributed by atoms with Crippen LogP contribution < -0.4 is 9.47 Å². The monoisotopic (exact) mass is 466 g/mol. The van der Waals surface area contributed by atoms with Crippen LogP contribution in [-0.4, -0.2) is 24.3 Å². The molecule has 0 fully saturated rings. The summed E-state index contributed by atoms with van der Waals surface area (Å²) in [7, 11) is 0. The quantitative estimate of drug-likeness (QED) is 0.348. The summed E-state index contributed by atoms with van der Waals surface area (Å²) in [6.45, 7) is 0.580. The molecule has 35 heavy (non-hydrogen) atoms. The van der Waals surface area contributed by atoms with Crippen molar-refractivity contribution in [2.24, 2.45) is 0 Å². The zero-order valence-corrected chi connectivity index (χ0v) is 19.2. The van der Waals surface area contributed by atoms with Crippen LogP contribution in [0.1, 0.15) is 34.1 Å². The van der Waals surface area contributed by atoms with E-state index in [9.17, 15) is 9.90 Å². The van der Waals surface area contributed by atoms with Crippen molar-refractivity contribution < 1.29 is 24.1 Å². The molecule has 0 aliphatic carbocycles. The Morgan fingerprint density at radius 2 is 1.57 bits per heavy atom. The fourth-order valence-electron chi connectivity index (χ4n) is 4.49. The number of rotatable bonds is 7. The highest BCUT2D eigenvalue weighted by atomic mass is 16.6. The first-order valence-electron chi connectivity index (χ1n) is 11.6. The van der Waals surface area contributed by atoms with E-state index in [-0.39, 0.29) is 30.8 Å². The molecule has 0 bridgehead atoms. The van der Waals surface area contributed by atoms with Crippen LogP contribution >= 0.6 is 0 Å². The number of esters is 1. The molecule has 5 nitrogen and oxygen atoms in total. The van der Waals surface area contributed by atoms with E-state index in [1.165, 1.54) is 5.56 Å². The lowest BCUT2D eigenvalue weighted by Crippen LogP contribution is -2.25. The molecule has 1 aliphatic heterocycles. The molecular weight excluding hydrogens is 440 g/mol. The van der Waals surface area contributed by atoms with E-state index < -0.39 is 5.97 Å². The Kier molecular flexibility index (Phi) is 6.66. The first-order chi connectivity index (χ1) is 17.2. The summed E-state index contributed by atoms with van der Waals surface area (Å²) < 4.78 is 17.0. The molecule has 4 aromatic carbocycles. The number of hydrogen-bond acceptors (Lipinski definition) is 5. The predicted molar refractivity (Wildman–Crippen MR) is 133 cm³/mol. The highest BCUT2D eigenvalue weighted by Gasteiger charge is 2.33. The molecule has 0 saturated carbocycles. The van der Waals surface area contributed by atoms with E-state index in [4.69, 9.17) is 14.2 Å². The van der Waals surface area contributed by atoms with Gasteiger partial charge in [-0.05, 0) is 34.9 Å². The Bertz CT molecular complexity index is 1270. The molecule has 0 saturated heterocycles. The van der Waals surface area contributed by atoms with Crippen LogP contribution in [0.5, 0.6) is 17.2 Å². The lowest BCUT2D eigenvalue weighted by atomic mass is 9.76. The SMILES string of the molecule is O=C(COc1ccc([C@H]2c3ccc(O)cc3OC[C@@H]2c2ccccc2)cc1)OCc1ccccc1. The number of phenols is 1. The Balaban J connectivity index is 1.30. The van der Waals surface area contributed by atoms with Gasteiger partial charge in [0.05, 0.1) is 6.61 Å². The summed E-state index contributed by atoms with van der Waals surface area (Å²) in [5.74, 6) is 1.23. The fraction of sp³-hybridized carbons (Fsp3) is 0.167. The summed E-state index contributed by atoms with van der Waals surface area (Å²) in [6, 6.07) is 32.9. The van der Waals surface area contributed by atoms with Gasteiger partial charge in [-0.1, -0.05) is 78.9 Å². The molecule has 5 rings (SSSR count). The summed E-state index contributed by atoms with van der Waals surface area (Å²) in [5.41, 5.74) is 4.26. The normalized spacial score (nSPS) is 16.6. The van der Waals surface area contributed by atoms with Gasteiger partial charge in [0.25, 0.3) is 0 Å². The number of aromatic hydroxyl groups is 1. The van der Waals surface area contributed by atoms with Crippen molar-refractivity contribution in [1.29, 1.82) is 0 Å².